The van der Waals surface area contributed by atoms with Crippen molar-refractivity contribution in [1.82, 2.24) is 0 Å². The van der Waals surface area contributed by atoms with Crippen LogP contribution in [0.4, 0.5) is 0 Å². The van der Waals surface area contributed by atoms with Gasteiger partial charge in [0.2, 0.25) is 0 Å². The van der Waals surface area contributed by atoms with Crippen LogP contribution in [0.25, 0.3) is 11.1 Å². The number of fused-ring (bicyclic) bond motifs is 3. The summed E-state index contributed by atoms with van der Waals surface area (Å²) in [4.78, 5) is 0. The van der Waals surface area contributed by atoms with Gasteiger partial charge in [0.05, 0.1) is 0 Å². The number of benzene rings is 3. The van der Waals surface area contributed by atoms with Crippen LogP contribution < -0.4 is 0 Å². The molecular formula is C34H41P. The first-order chi connectivity index (χ1) is 17.4. The Morgan fingerprint density at radius 1 is 0.571 bits per heavy atom. The monoisotopic (exact) mass is 480 g/mol. The molecule has 0 spiro atoms. The lowest BCUT2D eigenvalue weighted by Gasteiger charge is -2.50. The highest BCUT2D eigenvalue weighted by molar-refractivity contribution is 7.60. The predicted molar refractivity (Wildman–Crippen MR) is 153 cm³/mol. The van der Waals surface area contributed by atoms with E-state index in [1.807, 2.05) is 0 Å². The van der Waals surface area contributed by atoms with Crippen LogP contribution in [-0.2, 0) is 11.6 Å². The van der Waals surface area contributed by atoms with Gasteiger partial charge in [-0.15, -0.1) is 0 Å². The van der Waals surface area contributed by atoms with E-state index in [2.05, 4.69) is 78.9 Å². The molecule has 182 valence electrons. The zero-order valence-electron chi connectivity index (χ0n) is 21.3. The predicted octanol–water partition coefficient (Wildman–Crippen LogP) is 10.1. The van der Waals surface area contributed by atoms with Crippen LogP contribution in [-0.4, -0.2) is 11.3 Å². The first-order valence-corrected chi connectivity index (χ1v) is 15.9. The number of rotatable bonds is 7. The molecule has 1 heteroatoms. The summed E-state index contributed by atoms with van der Waals surface area (Å²) >= 11 is 0. The molecule has 0 nitrogen and oxygen atoms in total. The molecule has 0 aromatic heterocycles. The molecule has 0 saturated heterocycles. The van der Waals surface area contributed by atoms with Gasteiger partial charge in [-0.1, -0.05) is 125 Å². The summed E-state index contributed by atoms with van der Waals surface area (Å²) in [6.07, 6.45) is 18.5. The van der Waals surface area contributed by atoms with Gasteiger partial charge >= 0.3 is 0 Å². The van der Waals surface area contributed by atoms with Crippen molar-refractivity contribution in [2.75, 3.05) is 0 Å². The molecule has 0 atom stereocenters. The molecule has 3 aromatic carbocycles. The van der Waals surface area contributed by atoms with E-state index < -0.39 is 0 Å². The van der Waals surface area contributed by atoms with Crippen molar-refractivity contribution >= 4 is 7.92 Å². The molecule has 3 aliphatic carbocycles. The van der Waals surface area contributed by atoms with E-state index in [1.165, 1.54) is 89.0 Å². The maximum Gasteiger partial charge on any atom is 0.0418 e. The van der Waals surface area contributed by atoms with E-state index in [9.17, 15) is 0 Å². The Morgan fingerprint density at radius 3 is 1.60 bits per heavy atom. The van der Waals surface area contributed by atoms with E-state index in [4.69, 9.17) is 0 Å². The lowest BCUT2D eigenvalue weighted by Crippen LogP contribution is -2.35. The zero-order chi connectivity index (χ0) is 23.5. The molecule has 0 unspecified atom stereocenters. The van der Waals surface area contributed by atoms with Crippen LogP contribution in [0.1, 0.15) is 93.7 Å². The summed E-state index contributed by atoms with van der Waals surface area (Å²) in [6, 6.07) is 30.4. The quantitative estimate of drug-likeness (QED) is 0.295. The zero-order valence-corrected chi connectivity index (χ0v) is 22.2. The van der Waals surface area contributed by atoms with Crippen molar-refractivity contribution < 1.29 is 0 Å². The van der Waals surface area contributed by atoms with Gasteiger partial charge in [-0.3, -0.25) is 0 Å². The minimum Gasteiger partial charge on any atom is -0.0846 e. The van der Waals surface area contributed by atoms with Gasteiger partial charge in [0.25, 0.3) is 0 Å². The van der Waals surface area contributed by atoms with Crippen LogP contribution in [0, 0.1) is 0 Å². The van der Waals surface area contributed by atoms with Crippen molar-refractivity contribution in [3.05, 3.63) is 95.6 Å². The maximum absolute atomic E-state index is 2.54. The van der Waals surface area contributed by atoms with Gasteiger partial charge < -0.3 is 0 Å². The van der Waals surface area contributed by atoms with Gasteiger partial charge in [0.1, 0.15) is 0 Å². The molecule has 2 fully saturated rings. The molecular weight excluding hydrogens is 439 g/mol. The summed E-state index contributed by atoms with van der Waals surface area (Å²) in [6.45, 7) is 0. The van der Waals surface area contributed by atoms with Crippen LogP contribution in [0.5, 0.6) is 0 Å². The Kier molecular flexibility index (Phi) is 7.11. The Bertz CT molecular complexity index is 1040. The Hall–Kier alpha value is -1.91. The molecule has 0 N–H and O–H groups in total. The third kappa shape index (κ3) is 4.42. The third-order valence-corrected chi connectivity index (χ3v) is 13.5. The third-order valence-electron chi connectivity index (χ3n) is 9.26. The fourth-order valence-electron chi connectivity index (χ4n) is 7.81. The standard InChI is InChI=1S/C34H41P/c1-4-15-27(16-5-1)17-14-26-34(32-24-12-10-22-30(32)31-23-11-13-25-33(31)34)35(28-18-6-2-7-19-28)29-20-8-3-9-21-29/h1,4-5,10-13,15-16,22-25,28-29H,2-3,6-9,14,17-21,26H2. The molecule has 2 saturated carbocycles. The van der Waals surface area contributed by atoms with Gasteiger partial charge in [-0.25, -0.2) is 0 Å². The molecule has 6 rings (SSSR count). The summed E-state index contributed by atoms with van der Waals surface area (Å²) < 4.78 is 0. The van der Waals surface area contributed by atoms with E-state index in [1.54, 1.807) is 22.3 Å². The highest BCUT2D eigenvalue weighted by Gasteiger charge is 2.52. The van der Waals surface area contributed by atoms with Gasteiger partial charge in [-0.2, -0.15) is 0 Å². The fraction of sp³-hybridized carbons (Fsp3) is 0.471. The largest absolute Gasteiger partial charge is 0.0846 e. The van der Waals surface area contributed by atoms with E-state index in [0.29, 0.717) is 0 Å². The first kappa shape index (κ1) is 23.5. The first-order valence-electron chi connectivity index (χ1n) is 14.4. The Labute approximate surface area is 214 Å². The summed E-state index contributed by atoms with van der Waals surface area (Å²) in [7, 11) is -0.136. The average Bonchev–Trinajstić information content (AvgIpc) is 3.21. The minimum atomic E-state index is -0.136. The SMILES string of the molecule is c1ccc(CCCC2(P(C3CCCCC3)C3CCCCC3)c3ccccc3-c3ccccc32)cc1. The molecule has 35 heavy (non-hydrogen) atoms. The maximum atomic E-state index is 2.54. The average molecular weight is 481 g/mol. The molecule has 0 aliphatic heterocycles. The summed E-state index contributed by atoms with van der Waals surface area (Å²) in [5, 5.41) is 0.237. The topological polar surface area (TPSA) is 0 Å². The van der Waals surface area contributed by atoms with E-state index >= 15 is 0 Å². The number of hydrogen-bond acceptors (Lipinski definition) is 0. The molecule has 3 aliphatic rings. The lowest BCUT2D eigenvalue weighted by molar-refractivity contribution is 0.469. The van der Waals surface area contributed by atoms with E-state index in [0.717, 1.165) is 11.3 Å². The second kappa shape index (κ2) is 10.6. The van der Waals surface area contributed by atoms with Gasteiger partial charge in [-0.05, 0) is 84.1 Å². The molecule has 0 bridgehead atoms. The van der Waals surface area contributed by atoms with Crippen molar-refractivity contribution in [3.8, 4) is 11.1 Å². The van der Waals surface area contributed by atoms with E-state index in [-0.39, 0.29) is 13.1 Å². The van der Waals surface area contributed by atoms with Crippen LogP contribution in [0.15, 0.2) is 78.9 Å². The van der Waals surface area contributed by atoms with Crippen molar-refractivity contribution in [2.45, 2.75) is 99.9 Å². The van der Waals surface area contributed by atoms with Gasteiger partial charge in [0, 0.05) is 5.16 Å². The minimum absolute atomic E-state index is 0.136. The lowest BCUT2D eigenvalue weighted by atomic mass is 9.89. The molecule has 0 heterocycles. The number of aryl methyl sites for hydroxylation is 1. The van der Waals surface area contributed by atoms with Crippen molar-refractivity contribution in [3.63, 3.8) is 0 Å². The summed E-state index contributed by atoms with van der Waals surface area (Å²) in [5.41, 5.74) is 9.86. The summed E-state index contributed by atoms with van der Waals surface area (Å²) in [5.74, 6) is 0. The second-order valence-electron chi connectivity index (χ2n) is 11.3. The van der Waals surface area contributed by atoms with Crippen LogP contribution >= 0.6 is 7.92 Å². The Morgan fingerprint density at radius 2 is 1.06 bits per heavy atom. The van der Waals surface area contributed by atoms with Crippen molar-refractivity contribution in [2.24, 2.45) is 0 Å². The number of hydrogen-bond donors (Lipinski definition) is 0. The molecule has 0 radical (unpaired) electrons. The fourth-order valence-corrected chi connectivity index (χ4v) is 12.9. The van der Waals surface area contributed by atoms with Crippen molar-refractivity contribution in [1.29, 1.82) is 0 Å². The Balaban J connectivity index is 1.48. The molecule has 0 amide bonds. The smallest absolute Gasteiger partial charge is 0.0418 e. The van der Waals surface area contributed by atoms with Crippen LogP contribution in [0.3, 0.4) is 0 Å². The highest BCUT2D eigenvalue weighted by atomic mass is 31.1. The van der Waals surface area contributed by atoms with Crippen LogP contribution in [0.2, 0.25) is 0 Å². The molecule has 3 aromatic rings. The highest BCUT2D eigenvalue weighted by Crippen LogP contribution is 2.74. The second-order valence-corrected chi connectivity index (χ2v) is 14.3. The van der Waals surface area contributed by atoms with Gasteiger partial charge in [0.15, 0.2) is 0 Å². The normalized spacial score (nSPS) is 20.0.